The van der Waals surface area contributed by atoms with Crippen molar-refractivity contribution in [2.75, 3.05) is 4.90 Å². The number of nitrogens with zero attached hydrogens (tertiary/aromatic N) is 2. The Morgan fingerprint density at radius 2 is 1.59 bits per heavy atom. The molecule has 1 aromatic heterocycles. The first-order valence-corrected chi connectivity index (χ1v) is 7.77. The number of fused-ring (bicyclic) bond motifs is 1. The summed E-state index contributed by atoms with van der Waals surface area (Å²) in [6, 6.07) is 17.5. The fourth-order valence-electron chi connectivity index (χ4n) is 3.05. The minimum atomic E-state index is 0.333. The van der Waals surface area contributed by atoms with E-state index < -0.39 is 0 Å². The molecule has 0 aliphatic carbocycles. The molecule has 3 rings (SSSR count). The van der Waals surface area contributed by atoms with Crippen LogP contribution in [0.5, 0.6) is 0 Å². The predicted octanol–water partition coefficient (Wildman–Crippen LogP) is 5.40. The highest BCUT2D eigenvalue weighted by molar-refractivity contribution is 5.94. The van der Waals surface area contributed by atoms with E-state index in [-0.39, 0.29) is 0 Å². The Kier molecular flexibility index (Phi) is 3.84. The third-order valence-corrected chi connectivity index (χ3v) is 3.88. The van der Waals surface area contributed by atoms with Crippen LogP contribution in [0.4, 0.5) is 11.5 Å². The van der Waals surface area contributed by atoms with Gasteiger partial charge in [-0.2, -0.15) is 0 Å². The van der Waals surface area contributed by atoms with E-state index in [2.05, 4.69) is 81.1 Å². The van der Waals surface area contributed by atoms with Crippen molar-refractivity contribution in [2.45, 2.75) is 33.7 Å². The minimum absolute atomic E-state index is 0.333. The predicted molar refractivity (Wildman–Crippen MR) is 94.9 cm³/mol. The summed E-state index contributed by atoms with van der Waals surface area (Å²) >= 11 is 0. The van der Waals surface area contributed by atoms with Gasteiger partial charge in [-0.1, -0.05) is 30.3 Å². The summed E-state index contributed by atoms with van der Waals surface area (Å²) in [6.45, 7) is 8.71. The van der Waals surface area contributed by atoms with E-state index in [1.165, 1.54) is 27.6 Å². The molecule has 2 nitrogen and oxygen atoms in total. The molecule has 0 unspecified atom stereocenters. The third-order valence-electron chi connectivity index (χ3n) is 3.88. The molecule has 0 saturated carbocycles. The Labute approximate surface area is 132 Å². The van der Waals surface area contributed by atoms with Gasteiger partial charge in [0.25, 0.3) is 0 Å². The molecule has 0 aliphatic rings. The van der Waals surface area contributed by atoms with E-state index in [9.17, 15) is 0 Å². The van der Waals surface area contributed by atoms with Crippen LogP contribution in [-0.4, -0.2) is 11.0 Å². The lowest BCUT2D eigenvalue weighted by atomic mass is 10.1. The normalized spacial score (nSPS) is 11.1. The fraction of sp³-hybridized carbons (Fsp3) is 0.250. The molecular weight excluding hydrogens is 268 g/mol. The Morgan fingerprint density at radius 1 is 0.909 bits per heavy atom. The number of aromatic nitrogens is 1. The monoisotopic (exact) mass is 290 g/mol. The smallest absolute Gasteiger partial charge is 0.141 e. The molecule has 0 fully saturated rings. The van der Waals surface area contributed by atoms with Crippen LogP contribution in [0.1, 0.15) is 25.0 Å². The maximum atomic E-state index is 4.69. The lowest BCUT2D eigenvalue weighted by Crippen LogP contribution is -2.26. The van der Waals surface area contributed by atoms with Gasteiger partial charge in [0.1, 0.15) is 5.82 Å². The highest BCUT2D eigenvalue weighted by atomic mass is 15.2. The van der Waals surface area contributed by atoms with Crippen molar-refractivity contribution >= 4 is 22.3 Å². The average Bonchev–Trinajstić information content (AvgIpc) is 2.46. The molecule has 0 bridgehead atoms. The first-order valence-electron chi connectivity index (χ1n) is 7.77. The Balaban J connectivity index is 2.23. The second-order valence-electron chi connectivity index (χ2n) is 6.17. The number of benzene rings is 2. The van der Waals surface area contributed by atoms with E-state index in [0.717, 1.165) is 5.82 Å². The van der Waals surface area contributed by atoms with E-state index >= 15 is 0 Å². The molecule has 2 aromatic carbocycles. The Hall–Kier alpha value is -2.35. The molecule has 0 saturated heterocycles. The van der Waals surface area contributed by atoms with Crippen LogP contribution in [0.2, 0.25) is 0 Å². The molecule has 3 aromatic rings. The van der Waals surface area contributed by atoms with E-state index in [0.29, 0.717) is 6.04 Å². The summed E-state index contributed by atoms with van der Waals surface area (Å²) in [6.07, 6.45) is 1.90. The number of anilines is 2. The number of pyridine rings is 1. The summed E-state index contributed by atoms with van der Waals surface area (Å²) < 4.78 is 0. The van der Waals surface area contributed by atoms with Gasteiger partial charge in [0.05, 0.1) is 0 Å². The molecular formula is C20H22N2. The molecule has 2 heteroatoms. The van der Waals surface area contributed by atoms with Crippen molar-refractivity contribution in [3.63, 3.8) is 0 Å². The Bertz CT molecular complexity index is 780. The highest BCUT2D eigenvalue weighted by Gasteiger charge is 2.17. The molecule has 0 aliphatic heterocycles. The van der Waals surface area contributed by atoms with Crippen molar-refractivity contribution < 1.29 is 0 Å². The number of rotatable bonds is 3. The van der Waals surface area contributed by atoms with Crippen LogP contribution in [0.3, 0.4) is 0 Å². The van der Waals surface area contributed by atoms with Crippen LogP contribution in [0, 0.1) is 13.8 Å². The van der Waals surface area contributed by atoms with Crippen LogP contribution in [-0.2, 0) is 0 Å². The van der Waals surface area contributed by atoms with Gasteiger partial charge in [0, 0.05) is 23.3 Å². The molecule has 0 N–H and O–H groups in total. The second-order valence-corrected chi connectivity index (χ2v) is 6.17. The average molecular weight is 290 g/mol. The lowest BCUT2D eigenvalue weighted by molar-refractivity contribution is 0.780. The van der Waals surface area contributed by atoms with Crippen LogP contribution >= 0.6 is 0 Å². The van der Waals surface area contributed by atoms with Crippen molar-refractivity contribution in [1.82, 2.24) is 4.98 Å². The number of aryl methyl sites for hydroxylation is 2. The van der Waals surface area contributed by atoms with Gasteiger partial charge in [-0.15, -0.1) is 0 Å². The molecule has 0 amide bonds. The molecule has 0 atom stereocenters. The molecule has 22 heavy (non-hydrogen) atoms. The van der Waals surface area contributed by atoms with Gasteiger partial charge in [0.15, 0.2) is 0 Å². The van der Waals surface area contributed by atoms with Gasteiger partial charge < -0.3 is 4.90 Å². The van der Waals surface area contributed by atoms with Crippen LogP contribution < -0.4 is 4.90 Å². The zero-order valence-electron chi connectivity index (χ0n) is 13.7. The SMILES string of the molecule is Cc1cc(C)cc(N(c2nccc3ccccc23)C(C)C)c1. The van der Waals surface area contributed by atoms with Crippen LogP contribution in [0.25, 0.3) is 10.8 Å². The summed E-state index contributed by atoms with van der Waals surface area (Å²) in [7, 11) is 0. The zero-order chi connectivity index (χ0) is 15.7. The summed E-state index contributed by atoms with van der Waals surface area (Å²) in [5.41, 5.74) is 3.76. The van der Waals surface area contributed by atoms with Gasteiger partial charge in [-0.05, 0) is 62.4 Å². The topological polar surface area (TPSA) is 16.1 Å². The quantitative estimate of drug-likeness (QED) is 0.642. The van der Waals surface area contributed by atoms with E-state index in [1.807, 2.05) is 6.20 Å². The van der Waals surface area contributed by atoms with E-state index in [1.54, 1.807) is 0 Å². The van der Waals surface area contributed by atoms with Gasteiger partial charge in [-0.25, -0.2) is 4.98 Å². The van der Waals surface area contributed by atoms with Crippen LogP contribution in [0.15, 0.2) is 54.7 Å². The fourth-order valence-corrected chi connectivity index (χ4v) is 3.05. The van der Waals surface area contributed by atoms with Gasteiger partial charge in [-0.3, -0.25) is 0 Å². The van der Waals surface area contributed by atoms with Crippen molar-refractivity contribution in [2.24, 2.45) is 0 Å². The third kappa shape index (κ3) is 2.69. The maximum Gasteiger partial charge on any atom is 0.141 e. The lowest BCUT2D eigenvalue weighted by Gasteiger charge is -2.29. The molecule has 0 radical (unpaired) electrons. The molecule has 0 spiro atoms. The second kappa shape index (κ2) is 5.80. The highest BCUT2D eigenvalue weighted by Crippen LogP contribution is 2.33. The maximum absolute atomic E-state index is 4.69. The molecule has 1 heterocycles. The molecule has 112 valence electrons. The standard InChI is InChI=1S/C20H22N2/c1-14(2)22(18-12-15(3)11-16(4)13-18)20-19-8-6-5-7-17(19)9-10-21-20/h5-14H,1-4H3. The van der Waals surface area contributed by atoms with Crippen molar-refractivity contribution in [1.29, 1.82) is 0 Å². The zero-order valence-corrected chi connectivity index (χ0v) is 13.7. The Morgan fingerprint density at radius 3 is 2.27 bits per heavy atom. The first kappa shape index (κ1) is 14.6. The number of hydrogen-bond donors (Lipinski definition) is 0. The summed E-state index contributed by atoms with van der Waals surface area (Å²) in [5, 5.41) is 2.42. The first-order chi connectivity index (χ1) is 10.6. The minimum Gasteiger partial charge on any atom is -0.323 e. The summed E-state index contributed by atoms with van der Waals surface area (Å²) in [4.78, 5) is 7.01. The van der Waals surface area contributed by atoms with Crippen molar-refractivity contribution in [3.05, 3.63) is 65.9 Å². The number of hydrogen-bond acceptors (Lipinski definition) is 2. The van der Waals surface area contributed by atoms with Gasteiger partial charge in [0.2, 0.25) is 0 Å². The largest absolute Gasteiger partial charge is 0.323 e. The van der Waals surface area contributed by atoms with Crippen molar-refractivity contribution in [3.8, 4) is 0 Å². The summed E-state index contributed by atoms with van der Waals surface area (Å²) in [5.74, 6) is 1.03. The van der Waals surface area contributed by atoms with E-state index in [4.69, 9.17) is 4.98 Å². The van der Waals surface area contributed by atoms with Gasteiger partial charge >= 0.3 is 0 Å².